The zero-order chi connectivity index (χ0) is 9.10. The van der Waals surface area contributed by atoms with E-state index in [1.165, 1.54) is 43.6 Å². The van der Waals surface area contributed by atoms with Crippen molar-refractivity contribution in [2.75, 3.05) is 18.0 Å². The van der Waals surface area contributed by atoms with Crippen molar-refractivity contribution < 1.29 is 0 Å². The van der Waals surface area contributed by atoms with Gasteiger partial charge in [-0.05, 0) is 37.8 Å². The lowest BCUT2D eigenvalue weighted by Crippen LogP contribution is -2.29. The zero-order valence-electron chi connectivity index (χ0n) is 8.16. The molecule has 1 aliphatic rings. The summed E-state index contributed by atoms with van der Waals surface area (Å²) in [4.78, 5) is 6.65. The Kier molecular flexibility index (Phi) is 2.48. The summed E-state index contributed by atoms with van der Waals surface area (Å²) >= 11 is 0. The molecule has 2 nitrogen and oxygen atoms in total. The normalized spacial score (nSPS) is 17.5. The van der Waals surface area contributed by atoms with E-state index in [9.17, 15) is 0 Å². The highest BCUT2D eigenvalue weighted by Gasteiger charge is 2.10. The topological polar surface area (TPSA) is 16.1 Å². The fourth-order valence-corrected chi connectivity index (χ4v) is 1.86. The average molecular weight is 176 g/mol. The standard InChI is InChI=1S/C11H16N2/c1-10-7-11(9-12-8-10)13-5-3-2-4-6-13/h7-9H,2-6H2,1H3. The van der Waals surface area contributed by atoms with E-state index >= 15 is 0 Å². The maximum absolute atomic E-state index is 4.22. The number of pyridine rings is 1. The van der Waals surface area contributed by atoms with E-state index < -0.39 is 0 Å². The molecule has 0 amide bonds. The van der Waals surface area contributed by atoms with Crippen LogP contribution >= 0.6 is 0 Å². The van der Waals surface area contributed by atoms with Crippen LogP contribution in [0.2, 0.25) is 0 Å². The molecule has 0 atom stereocenters. The summed E-state index contributed by atoms with van der Waals surface area (Å²) in [6, 6.07) is 2.22. The van der Waals surface area contributed by atoms with E-state index in [2.05, 4.69) is 22.9 Å². The maximum atomic E-state index is 4.22. The lowest BCUT2D eigenvalue weighted by Gasteiger charge is -2.28. The summed E-state index contributed by atoms with van der Waals surface area (Å²) in [5.74, 6) is 0. The van der Waals surface area contributed by atoms with E-state index in [0.29, 0.717) is 0 Å². The Morgan fingerprint density at radius 1 is 1.15 bits per heavy atom. The van der Waals surface area contributed by atoms with Crippen LogP contribution in [-0.2, 0) is 0 Å². The monoisotopic (exact) mass is 176 g/mol. The smallest absolute Gasteiger partial charge is 0.0555 e. The minimum atomic E-state index is 1.20. The molecule has 0 unspecified atom stereocenters. The Labute approximate surface area is 79.6 Å². The summed E-state index contributed by atoms with van der Waals surface area (Å²) in [6.07, 6.45) is 7.92. The van der Waals surface area contributed by atoms with Crippen LogP contribution in [0.1, 0.15) is 24.8 Å². The van der Waals surface area contributed by atoms with Crippen molar-refractivity contribution in [3.05, 3.63) is 24.0 Å². The predicted octanol–water partition coefficient (Wildman–Crippen LogP) is 2.38. The molecule has 13 heavy (non-hydrogen) atoms. The number of aryl methyl sites for hydroxylation is 1. The Balaban J connectivity index is 2.14. The molecule has 0 saturated carbocycles. The molecule has 0 radical (unpaired) electrons. The van der Waals surface area contributed by atoms with Crippen molar-refractivity contribution in [1.82, 2.24) is 4.98 Å². The molecule has 70 valence electrons. The van der Waals surface area contributed by atoms with Crippen molar-refractivity contribution in [1.29, 1.82) is 0 Å². The molecule has 2 heteroatoms. The average Bonchev–Trinajstić information content (AvgIpc) is 2.19. The first kappa shape index (κ1) is 8.54. The highest BCUT2D eigenvalue weighted by molar-refractivity contribution is 5.45. The van der Waals surface area contributed by atoms with E-state index in [-0.39, 0.29) is 0 Å². The summed E-state index contributed by atoms with van der Waals surface area (Å²) in [7, 11) is 0. The molecule has 0 aliphatic carbocycles. The van der Waals surface area contributed by atoms with Crippen LogP contribution in [0, 0.1) is 6.92 Å². The molecule has 1 saturated heterocycles. The van der Waals surface area contributed by atoms with E-state index in [1.54, 1.807) is 0 Å². The molecule has 1 aromatic heterocycles. The number of hydrogen-bond donors (Lipinski definition) is 0. The van der Waals surface area contributed by atoms with E-state index in [4.69, 9.17) is 0 Å². The van der Waals surface area contributed by atoms with Gasteiger partial charge in [-0.15, -0.1) is 0 Å². The molecular formula is C11H16N2. The third-order valence-electron chi connectivity index (χ3n) is 2.58. The predicted molar refractivity (Wildman–Crippen MR) is 55.0 cm³/mol. The van der Waals surface area contributed by atoms with Gasteiger partial charge < -0.3 is 4.90 Å². The van der Waals surface area contributed by atoms with E-state index in [0.717, 1.165) is 0 Å². The number of piperidine rings is 1. The summed E-state index contributed by atoms with van der Waals surface area (Å²) in [5.41, 5.74) is 2.54. The summed E-state index contributed by atoms with van der Waals surface area (Å²) in [5, 5.41) is 0. The highest BCUT2D eigenvalue weighted by Crippen LogP contribution is 2.19. The van der Waals surface area contributed by atoms with Crippen molar-refractivity contribution in [3.8, 4) is 0 Å². The quantitative estimate of drug-likeness (QED) is 0.653. The van der Waals surface area contributed by atoms with Crippen LogP contribution in [0.15, 0.2) is 18.5 Å². The molecule has 0 spiro atoms. The van der Waals surface area contributed by atoms with Gasteiger partial charge in [0.1, 0.15) is 0 Å². The van der Waals surface area contributed by atoms with Gasteiger partial charge in [0.2, 0.25) is 0 Å². The Hall–Kier alpha value is -1.05. The van der Waals surface area contributed by atoms with Gasteiger partial charge in [0.05, 0.1) is 11.9 Å². The first-order valence-corrected chi connectivity index (χ1v) is 5.03. The number of nitrogens with zero attached hydrogens (tertiary/aromatic N) is 2. The molecular weight excluding hydrogens is 160 g/mol. The van der Waals surface area contributed by atoms with Crippen molar-refractivity contribution in [2.24, 2.45) is 0 Å². The molecule has 0 aromatic carbocycles. The number of rotatable bonds is 1. The lowest BCUT2D eigenvalue weighted by molar-refractivity contribution is 0.577. The largest absolute Gasteiger partial charge is 0.370 e. The van der Waals surface area contributed by atoms with Gasteiger partial charge in [0.15, 0.2) is 0 Å². The van der Waals surface area contributed by atoms with Crippen LogP contribution in [0.25, 0.3) is 0 Å². The first-order valence-electron chi connectivity index (χ1n) is 5.03. The third kappa shape index (κ3) is 2.00. The van der Waals surface area contributed by atoms with Gasteiger partial charge in [0.25, 0.3) is 0 Å². The van der Waals surface area contributed by atoms with Crippen molar-refractivity contribution in [2.45, 2.75) is 26.2 Å². The van der Waals surface area contributed by atoms with Gasteiger partial charge in [-0.2, -0.15) is 0 Å². The minimum absolute atomic E-state index is 1.20. The van der Waals surface area contributed by atoms with Crippen LogP contribution in [0.4, 0.5) is 5.69 Å². The molecule has 1 fully saturated rings. The molecule has 1 aliphatic heterocycles. The number of aromatic nitrogens is 1. The fraction of sp³-hybridized carbons (Fsp3) is 0.545. The molecule has 2 heterocycles. The minimum Gasteiger partial charge on any atom is -0.370 e. The van der Waals surface area contributed by atoms with Crippen molar-refractivity contribution >= 4 is 5.69 Å². The Bertz CT molecular complexity index is 277. The summed E-state index contributed by atoms with van der Waals surface area (Å²) < 4.78 is 0. The van der Waals surface area contributed by atoms with Gasteiger partial charge in [-0.25, -0.2) is 0 Å². The maximum Gasteiger partial charge on any atom is 0.0555 e. The zero-order valence-corrected chi connectivity index (χ0v) is 8.16. The Morgan fingerprint density at radius 3 is 2.62 bits per heavy atom. The number of anilines is 1. The van der Waals surface area contributed by atoms with E-state index in [1.807, 2.05) is 12.4 Å². The van der Waals surface area contributed by atoms with Crippen LogP contribution in [0.3, 0.4) is 0 Å². The first-order chi connectivity index (χ1) is 6.36. The second-order valence-corrected chi connectivity index (χ2v) is 3.77. The fourth-order valence-electron chi connectivity index (χ4n) is 1.86. The molecule has 0 bridgehead atoms. The van der Waals surface area contributed by atoms with Gasteiger partial charge in [0, 0.05) is 19.3 Å². The Morgan fingerprint density at radius 2 is 1.92 bits per heavy atom. The van der Waals surface area contributed by atoms with Crippen LogP contribution in [0.5, 0.6) is 0 Å². The van der Waals surface area contributed by atoms with Gasteiger partial charge in [-0.3, -0.25) is 4.98 Å². The summed E-state index contributed by atoms with van der Waals surface area (Å²) in [6.45, 7) is 4.50. The highest BCUT2D eigenvalue weighted by atomic mass is 15.1. The number of hydrogen-bond acceptors (Lipinski definition) is 2. The molecule has 2 rings (SSSR count). The lowest BCUT2D eigenvalue weighted by atomic mass is 10.1. The SMILES string of the molecule is Cc1cncc(N2CCCCC2)c1. The van der Waals surface area contributed by atoms with Crippen molar-refractivity contribution in [3.63, 3.8) is 0 Å². The molecule has 1 aromatic rings. The second kappa shape index (κ2) is 3.77. The van der Waals surface area contributed by atoms with Gasteiger partial charge >= 0.3 is 0 Å². The van der Waals surface area contributed by atoms with Gasteiger partial charge in [-0.1, -0.05) is 0 Å². The molecule has 0 N–H and O–H groups in total. The third-order valence-corrected chi connectivity index (χ3v) is 2.58. The second-order valence-electron chi connectivity index (χ2n) is 3.77. The van der Waals surface area contributed by atoms with Crippen LogP contribution < -0.4 is 4.90 Å². The van der Waals surface area contributed by atoms with Crippen LogP contribution in [-0.4, -0.2) is 18.1 Å².